The van der Waals surface area contributed by atoms with Crippen LogP contribution in [0.4, 0.5) is 4.79 Å². The predicted octanol–water partition coefficient (Wildman–Crippen LogP) is 0.152. The Labute approximate surface area is 96.9 Å². The fourth-order valence-corrected chi connectivity index (χ4v) is 1.00. The highest BCUT2D eigenvalue weighted by Gasteiger charge is 1.99. The van der Waals surface area contributed by atoms with Gasteiger partial charge in [-0.15, -0.1) is 0 Å². The SMILES string of the molecule is NC(=O)NN=Cc1cccc(OCC(=O)O)c1. The van der Waals surface area contributed by atoms with Gasteiger partial charge >= 0.3 is 12.0 Å². The van der Waals surface area contributed by atoms with Crippen molar-refractivity contribution in [2.24, 2.45) is 10.8 Å². The highest BCUT2D eigenvalue weighted by Crippen LogP contribution is 2.11. The van der Waals surface area contributed by atoms with Gasteiger partial charge in [-0.05, 0) is 17.7 Å². The fourth-order valence-electron chi connectivity index (χ4n) is 1.00. The maximum absolute atomic E-state index is 10.3. The number of primary amides is 1. The first-order valence-electron chi connectivity index (χ1n) is 4.61. The molecular weight excluding hydrogens is 226 g/mol. The minimum absolute atomic E-state index is 0.399. The summed E-state index contributed by atoms with van der Waals surface area (Å²) in [6.07, 6.45) is 1.36. The van der Waals surface area contributed by atoms with Gasteiger partial charge in [-0.3, -0.25) is 0 Å². The van der Waals surface area contributed by atoms with Crippen LogP contribution in [0.25, 0.3) is 0 Å². The molecule has 7 heteroatoms. The van der Waals surface area contributed by atoms with Gasteiger partial charge in [0.2, 0.25) is 0 Å². The predicted molar refractivity (Wildman–Crippen MR) is 59.9 cm³/mol. The third-order valence-corrected chi connectivity index (χ3v) is 1.61. The van der Waals surface area contributed by atoms with E-state index in [1.54, 1.807) is 24.3 Å². The molecule has 0 aliphatic carbocycles. The zero-order valence-corrected chi connectivity index (χ0v) is 8.79. The Morgan fingerprint density at radius 2 is 2.29 bits per heavy atom. The Morgan fingerprint density at radius 3 is 2.94 bits per heavy atom. The van der Waals surface area contributed by atoms with E-state index < -0.39 is 18.6 Å². The molecule has 1 rings (SSSR count). The van der Waals surface area contributed by atoms with E-state index in [-0.39, 0.29) is 0 Å². The number of rotatable bonds is 5. The number of hydrogen-bond donors (Lipinski definition) is 3. The van der Waals surface area contributed by atoms with Crippen molar-refractivity contribution >= 4 is 18.2 Å². The molecule has 90 valence electrons. The number of nitrogens with zero attached hydrogens (tertiary/aromatic N) is 1. The molecule has 0 spiro atoms. The van der Waals surface area contributed by atoms with Crippen LogP contribution >= 0.6 is 0 Å². The third-order valence-electron chi connectivity index (χ3n) is 1.61. The van der Waals surface area contributed by atoms with Crippen molar-refractivity contribution in [3.8, 4) is 5.75 Å². The highest BCUT2D eigenvalue weighted by atomic mass is 16.5. The fraction of sp³-hybridized carbons (Fsp3) is 0.100. The van der Waals surface area contributed by atoms with Crippen molar-refractivity contribution in [1.82, 2.24) is 5.43 Å². The molecule has 0 atom stereocenters. The minimum atomic E-state index is -1.06. The van der Waals surface area contributed by atoms with Gasteiger partial charge in [-0.2, -0.15) is 5.10 Å². The summed E-state index contributed by atoms with van der Waals surface area (Å²) < 4.78 is 4.96. The molecule has 4 N–H and O–H groups in total. The normalized spacial score (nSPS) is 10.1. The molecule has 7 nitrogen and oxygen atoms in total. The van der Waals surface area contributed by atoms with Crippen molar-refractivity contribution in [2.45, 2.75) is 0 Å². The number of nitrogens with one attached hydrogen (secondary N) is 1. The number of carboxylic acids is 1. The Bertz CT molecular complexity index is 445. The minimum Gasteiger partial charge on any atom is -0.482 e. The van der Waals surface area contributed by atoms with Crippen molar-refractivity contribution < 1.29 is 19.4 Å². The standard InChI is InChI=1S/C10H11N3O4/c11-10(16)13-12-5-7-2-1-3-8(4-7)17-6-9(14)15/h1-5H,6H2,(H,14,15)(H3,11,13,16). The van der Waals surface area contributed by atoms with E-state index in [0.29, 0.717) is 11.3 Å². The lowest BCUT2D eigenvalue weighted by molar-refractivity contribution is -0.139. The van der Waals surface area contributed by atoms with Gasteiger partial charge in [0.1, 0.15) is 5.75 Å². The lowest BCUT2D eigenvalue weighted by Gasteiger charge is -2.03. The van der Waals surface area contributed by atoms with E-state index in [9.17, 15) is 9.59 Å². The number of carbonyl (C=O) groups is 2. The average Bonchev–Trinajstić information content (AvgIpc) is 2.26. The van der Waals surface area contributed by atoms with E-state index in [0.717, 1.165) is 0 Å². The zero-order valence-electron chi connectivity index (χ0n) is 8.79. The maximum atomic E-state index is 10.3. The van der Waals surface area contributed by atoms with Gasteiger partial charge in [-0.1, -0.05) is 12.1 Å². The Hall–Kier alpha value is -2.57. The second-order valence-corrected chi connectivity index (χ2v) is 2.99. The van der Waals surface area contributed by atoms with Gasteiger partial charge in [0, 0.05) is 0 Å². The second kappa shape index (κ2) is 6.11. The Kier molecular flexibility index (Phi) is 4.49. The average molecular weight is 237 g/mol. The van der Waals surface area contributed by atoms with E-state index in [2.05, 4.69) is 5.10 Å². The molecule has 0 radical (unpaired) electrons. The number of aliphatic carboxylic acids is 1. The molecule has 0 aliphatic rings. The quantitative estimate of drug-likeness (QED) is 0.499. The zero-order chi connectivity index (χ0) is 12.7. The lowest BCUT2D eigenvalue weighted by Crippen LogP contribution is -2.24. The topological polar surface area (TPSA) is 114 Å². The summed E-state index contributed by atoms with van der Waals surface area (Å²) in [5.41, 5.74) is 7.49. The molecule has 0 unspecified atom stereocenters. The Balaban J connectivity index is 2.62. The van der Waals surface area contributed by atoms with Gasteiger partial charge in [0.25, 0.3) is 0 Å². The number of carboxylic acid groups (broad SMARTS) is 1. The van der Waals surface area contributed by atoms with Crippen LogP contribution in [-0.2, 0) is 4.79 Å². The first kappa shape index (κ1) is 12.5. The number of hydrogen-bond acceptors (Lipinski definition) is 4. The number of nitrogens with two attached hydrogens (primary N) is 1. The van der Waals surface area contributed by atoms with Crippen molar-refractivity contribution in [2.75, 3.05) is 6.61 Å². The van der Waals surface area contributed by atoms with Crippen LogP contribution in [0.3, 0.4) is 0 Å². The summed E-state index contributed by atoms with van der Waals surface area (Å²) in [4.78, 5) is 20.6. The molecule has 0 bridgehead atoms. The summed E-state index contributed by atoms with van der Waals surface area (Å²) in [7, 11) is 0. The van der Waals surface area contributed by atoms with E-state index in [1.807, 2.05) is 5.43 Å². The van der Waals surface area contributed by atoms with Crippen LogP contribution in [0.5, 0.6) is 5.75 Å². The smallest absolute Gasteiger partial charge is 0.341 e. The number of benzene rings is 1. The molecule has 17 heavy (non-hydrogen) atoms. The molecule has 0 fully saturated rings. The van der Waals surface area contributed by atoms with Gasteiger partial charge in [-0.25, -0.2) is 15.0 Å². The summed E-state index contributed by atoms with van der Waals surface area (Å²) in [6, 6.07) is 5.80. The largest absolute Gasteiger partial charge is 0.482 e. The van der Waals surface area contributed by atoms with Crippen LogP contribution in [0.15, 0.2) is 29.4 Å². The molecule has 1 aromatic rings. The molecule has 1 aromatic carbocycles. The molecule has 0 aromatic heterocycles. The van der Waals surface area contributed by atoms with Gasteiger partial charge in [0.15, 0.2) is 6.61 Å². The van der Waals surface area contributed by atoms with Crippen LogP contribution in [0, 0.1) is 0 Å². The summed E-state index contributed by atoms with van der Waals surface area (Å²) in [6.45, 7) is -0.417. The summed E-state index contributed by atoms with van der Waals surface area (Å²) in [5.74, 6) is -0.658. The Morgan fingerprint density at radius 1 is 1.53 bits per heavy atom. The van der Waals surface area contributed by atoms with Gasteiger partial charge in [0.05, 0.1) is 6.21 Å². The maximum Gasteiger partial charge on any atom is 0.341 e. The van der Waals surface area contributed by atoms with E-state index >= 15 is 0 Å². The van der Waals surface area contributed by atoms with Crippen molar-refractivity contribution in [3.05, 3.63) is 29.8 Å². The van der Waals surface area contributed by atoms with Crippen molar-refractivity contribution in [1.29, 1.82) is 0 Å². The number of amides is 2. The van der Waals surface area contributed by atoms with Crippen LogP contribution < -0.4 is 15.9 Å². The van der Waals surface area contributed by atoms with Crippen LogP contribution in [0.2, 0.25) is 0 Å². The number of urea groups is 1. The monoisotopic (exact) mass is 237 g/mol. The van der Waals surface area contributed by atoms with E-state index in [1.165, 1.54) is 6.21 Å². The molecule has 0 heterocycles. The third kappa shape index (κ3) is 5.17. The highest BCUT2D eigenvalue weighted by molar-refractivity contribution is 5.82. The molecule has 0 aliphatic heterocycles. The van der Waals surface area contributed by atoms with Crippen molar-refractivity contribution in [3.63, 3.8) is 0 Å². The summed E-state index contributed by atoms with van der Waals surface area (Å²) in [5, 5.41) is 12.0. The number of carbonyl (C=O) groups excluding carboxylic acids is 1. The number of hydrazone groups is 1. The van der Waals surface area contributed by atoms with Gasteiger partial charge < -0.3 is 15.6 Å². The number of ether oxygens (including phenoxy) is 1. The first-order valence-corrected chi connectivity index (χ1v) is 4.61. The lowest BCUT2D eigenvalue weighted by atomic mass is 10.2. The van der Waals surface area contributed by atoms with E-state index in [4.69, 9.17) is 15.6 Å². The molecule has 2 amide bonds. The molecule has 0 saturated carbocycles. The van der Waals surface area contributed by atoms with Crippen LogP contribution in [0.1, 0.15) is 5.56 Å². The second-order valence-electron chi connectivity index (χ2n) is 2.99. The molecular formula is C10H11N3O4. The summed E-state index contributed by atoms with van der Waals surface area (Å²) >= 11 is 0. The molecule has 0 saturated heterocycles. The first-order chi connectivity index (χ1) is 8.08. The van der Waals surface area contributed by atoms with Crippen LogP contribution in [-0.4, -0.2) is 29.9 Å².